The monoisotopic (exact) mass is 442 g/mol. The van der Waals surface area contributed by atoms with Gasteiger partial charge in [-0.1, -0.05) is 58.9 Å². The van der Waals surface area contributed by atoms with Gasteiger partial charge in [0.15, 0.2) is 0 Å². The van der Waals surface area contributed by atoms with Gasteiger partial charge in [0.2, 0.25) is 0 Å². The van der Waals surface area contributed by atoms with Gasteiger partial charge in [0.25, 0.3) is 0 Å². The first kappa shape index (κ1) is 24.5. The second kappa shape index (κ2) is 7.98. The molecular formula is C30H50O2. The lowest BCUT2D eigenvalue weighted by atomic mass is 9.35. The van der Waals surface area contributed by atoms with Crippen LogP contribution in [-0.4, -0.2) is 22.4 Å². The van der Waals surface area contributed by atoms with Crippen LogP contribution >= 0.6 is 0 Å². The lowest BCUT2D eigenvalue weighted by Crippen LogP contribution is -2.63. The van der Waals surface area contributed by atoms with E-state index in [1.54, 1.807) is 0 Å². The Hall–Kier alpha value is -0.600. The van der Waals surface area contributed by atoms with E-state index in [0.29, 0.717) is 28.1 Å². The molecule has 9 atom stereocenters. The zero-order valence-electron chi connectivity index (χ0n) is 21.8. The van der Waals surface area contributed by atoms with Crippen molar-refractivity contribution in [3.05, 3.63) is 24.3 Å². The number of allylic oxidation sites excluding steroid dienone is 1. The first-order valence-electron chi connectivity index (χ1n) is 13.5. The van der Waals surface area contributed by atoms with Gasteiger partial charge in [-0.15, -0.1) is 0 Å². The topological polar surface area (TPSA) is 40.5 Å². The van der Waals surface area contributed by atoms with E-state index in [4.69, 9.17) is 0 Å². The molecule has 0 aromatic rings. The van der Waals surface area contributed by atoms with Gasteiger partial charge in [0, 0.05) is 0 Å². The molecule has 0 amide bonds. The molecule has 182 valence electrons. The zero-order valence-corrected chi connectivity index (χ0v) is 21.8. The fourth-order valence-electron chi connectivity index (χ4n) is 9.98. The van der Waals surface area contributed by atoms with Crippen LogP contribution < -0.4 is 0 Å². The Kier molecular flexibility index (Phi) is 6.11. The van der Waals surface area contributed by atoms with Crippen molar-refractivity contribution < 1.29 is 10.2 Å². The van der Waals surface area contributed by atoms with Gasteiger partial charge in [-0.3, -0.25) is 0 Å². The molecule has 4 rings (SSSR count). The molecular weight excluding hydrogens is 392 g/mol. The van der Waals surface area contributed by atoms with Crippen LogP contribution in [0.25, 0.3) is 0 Å². The lowest BCUT2D eigenvalue weighted by Gasteiger charge is -2.69. The van der Waals surface area contributed by atoms with Crippen LogP contribution in [0.4, 0.5) is 0 Å². The van der Waals surface area contributed by atoms with Crippen LogP contribution in [0.5, 0.6) is 0 Å². The molecule has 0 saturated heterocycles. The molecule has 0 spiro atoms. The maximum Gasteiger partial charge on any atom is 0.0747 e. The molecule has 0 aromatic carbocycles. The van der Waals surface area contributed by atoms with Gasteiger partial charge in [-0.25, -0.2) is 0 Å². The summed E-state index contributed by atoms with van der Waals surface area (Å²) in [6.07, 6.45) is 11.2. The molecule has 2 nitrogen and oxygen atoms in total. The van der Waals surface area contributed by atoms with E-state index >= 15 is 0 Å². The van der Waals surface area contributed by atoms with Crippen LogP contribution in [0, 0.1) is 45.3 Å². The molecule has 4 fully saturated rings. The molecule has 32 heavy (non-hydrogen) atoms. The average molecular weight is 443 g/mol. The van der Waals surface area contributed by atoms with E-state index in [0.717, 1.165) is 36.7 Å². The minimum atomic E-state index is -0.395. The summed E-state index contributed by atoms with van der Waals surface area (Å²) in [6, 6.07) is 0. The lowest BCUT2D eigenvalue weighted by molar-refractivity contribution is -0.220. The molecule has 0 aromatic heterocycles. The molecule has 4 aliphatic rings. The molecule has 0 bridgehead atoms. The van der Waals surface area contributed by atoms with Gasteiger partial charge < -0.3 is 10.2 Å². The van der Waals surface area contributed by atoms with Crippen molar-refractivity contribution in [1.29, 1.82) is 0 Å². The van der Waals surface area contributed by atoms with Crippen molar-refractivity contribution >= 4 is 0 Å². The predicted molar refractivity (Wildman–Crippen MR) is 134 cm³/mol. The predicted octanol–water partition coefficient (Wildman–Crippen LogP) is 7.31. The number of fused-ring (bicyclic) bond motifs is 5. The number of aliphatic hydroxyl groups excluding tert-OH is 2. The molecule has 2 N–H and O–H groups in total. The van der Waals surface area contributed by atoms with E-state index < -0.39 is 6.10 Å². The Morgan fingerprint density at radius 1 is 0.875 bits per heavy atom. The minimum Gasteiger partial charge on any atom is -0.393 e. The van der Waals surface area contributed by atoms with Gasteiger partial charge in [-0.05, 0) is 116 Å². The third kappa shape index (κ3) is 3.33. The fraction of sp³-hybridized carbons (Fsp3) is 0.867. The molecule has 4 aliphatic carbocycles. The van der Waals surface area contributed by atoms with Crippen molar-refractivity contribution in [2.45, 2.75) is 118 Å². The number of aliphatic hydroxyl groups is 2. The van der Waals surface area contributed by atoms with E-state index in [9.17, 15) is 10.2 Å². The van der Waals surface area contributed by atoms with Crippen LogP contribution in [-0.2, 0) is 0 Å². The molecule has 2 heteroatoms. The van der Waals surface area contributed by atoms with Crippen molar-refractivity contribution in [3.63, 3.8) is 0 Å². The Labute approximate surface area is 198 Å². The Morgan fingerprint density at radius 2 is 1.53 bits per heavy atom. The zero-order chi connectivity index (χ0) is 23.7. The maximum absolute atomic E-state index is 10.8. The van der Waals surface area contributed by atoms with Crippen molar-refractivity contribution in [3.8, 4) is 0 Å². The summed E-state index contributed by atoms with van der Waals surface area (Å²) in [5.74, 6) is 2.75. The molecule has 0 heterocycles. The van der Waals surface area contributed by atoms with E-state index in [2.05, 4.69) is 47.8 Å². The van der Waals surface area contributed by atoms with Gasteiger partial charge >= 0.3 is 0 Å². The van der Waals surface area contributed by atoms with Gasteiger partial charge in [0.1, 0.15) is 0 Å². The number of rotatable bonds is 5. The molecule has 0 aliphatic heterocycles. The molecule has 4 saturated carbocycles. The maximum atomic E-state index is 10.8. The van der Waals surface area contributed by atoms with Gasteiger partial charge in [-0.2, -0.15) is 0 Å². The van der Waals surface area contributed by atoms with Gasteiger partial charge in [0.05, 0.1) is 12.2 Å². The molecule has 0 radical (unpaired) electrons. The highest BCUT2D eigenvalue weighted by Crippen LogP contribution is 2.75. The summed E-state index contributed by atoms with van der Waals surface area (Å²) >= 11 is 0. The van der Waals surface area contributed by atoms with Crippen LogP contribution in [0.15, 0.2) is 24.3 Å². The summed E-state index contributed by atoms with van der Waals surface area (Å²) in [5, 5.41) is 21.1. The highest BCUT2D eigenvalue weighted by atomic mass is 16.3. The summed E-state index contributed by atoms with van der Waals surface area (Å²) in [7, 11) is 0. The Morgan fingerprint density at radius 3 is 2.19 bits per heavy atom. The first-order chi connectivity index (χ1) is 14.8. The first-order valence-corrected chi connectivity index (χ1v) is 13.5. The highest BCUT2D eigenvalue weighted by Gasteiger charge is 2.68. The smallest absolute Gasteiger partial charge is 0.0747 e. The Bertz CT molecular complexity index is 767. The van der Waals surface area contributed by atoms with E-state index in [-0.39, 0.29) is 11.5 Å². The normalized spacial score (nSPS) is 48.3. The summed E-state index contributed by atoms with van der Waals surface area (Å²) in [6.45, 7) is 23.0. The highest BCUT2D eigenvalue weighted by molar-refractivity contribution is 5.20. The third-order valence-electron chi connectivity index (χ3n) is 12.2. The van der Waals surface area contributed by atoms with Crippen LogP contribution in [0.1, 0.15) is 106 Å². The standard InChI is InChI=1S/C30H50O2/c1-19(2)23(31)11-9-20(3)21-13-17-29(7)22(21)10-12-25-28(6)16-15-26(32)27(4,5)24(28)14-18-30(25,29)8/h21-26,31-32H,1,3,9-18H2,2,4-8H3/t21-,22-,23+,24+,25-,26+,28+,29-,30-/m1/s1. The van der Waals surface area contributed by atoms with Crippen molar-refractivity contribution in [1.82, 2.24) is 0 Å². The van der Waals surface area contributed by atoms with E-state index in [1.165, 1.54) is 50.5 Å². The summed E-state index contributed by atoms with van der Waals surface area (Å²) in [5.41, 5.74) is 3.39. The summed E-state index contributed by atoms with van der Waals surface area (Å²) < 4.78 is 0. The van der Waals surface area contributed by atoms with Crippen LogP contribution in [0.3, 0.4) is 0 Å². The minimum absolute atomic E-state index is 0.0305. The SMILES string of the molecule is C=C(CC[C@H](O)C(=C)C)[C@H]1CC[C@]2(C)[C@@H]1CC[C@@H]1[C@@]3(C)CC[C@H](O)C(C)(C)[C@@H]3CC[C@]12C. The second-order valence-electron chi connectivity index (χ2n) is 13.7. The average Bonchev–Trinajstić information content (AvgIpc) is 3.07. The van der Waals surface area contributed by atoms with E-state index in [1.807, 2.05) is 6.92 Å². The largest absolute Gasteiger partial charge is 0.393 e. The van der Waals surface area contributed by atoms with Crippen molar-refractivity contribution in [2.24, 2.45) is 45.3 Å². The summed E-state index contributed by atoms with van der Waals surface area (Å²) in [4.78, 5) is 0. The Balaban J connectivity index is 1.57. The van der Waals surface area contributed by atoms with Crippen molar-refractivity contribution in [2.75, 3.05) is 0 Å². The molecule has 0 unspecified atom stereocenters. The third-order valence-corrected chi connectivity index (χ3v) is 12.2. The van der Waals surface area contributed by atoms with Crippen LogP contribution in [0.2, 0.25) is 0 Å². The fourth-order valence-corrected chi connectivity index (χ4v) is 9.98. The number of hydrogen-bond donors (Lipinski definition) is 2. The number of hydrogen-bond acceptors (Lipinski definition) is 2. The quantitative estimate of drug-likeness (QED) is 0.438. The second-order valence-corrected chi connectivity index (χ2v) is 13.7.